The zero-order chi connectivity index (χ0) is 11.1. The van der Waals surface area contributed by atoms with E-state index >= 15 is 0 Å². The van der Waals surface area contributed by atoms with Gasteiger partial charge < -0.3 is 11.1 Å². The molecule has 0 saturated heterocycles. The van der Waals surface area contributed by atoms with Crippen molar-refractivity contribution in [2.75, 3.05) is 13.6 Å². The first-order chi connectivity index (χ1) is 7.76. The number of hydrogen-bond donors (Lipinski definition) is 2. The Labute approximate surface area is 97.9 Å². The molecule has 0 aromatic heterocycles. The fraction of sp³-hybridized carbons (Fsp3) is 0.923. The van der Waals surface area contributed by atoms with Crippen LogP contribution in [-0.4, -0.2) is 19.6 Å². The molecule has 3 nitrogen and oxygen atoms in total. The van der Waals surface area contributed by atoms with Gasteiger partial charge in [-0.05, 0) is 61.7 Å². The van der Waals surface area contributed by atoms with Crippen molar-refractivity contribution in [3.05, 3.63) is 0 Å². The molecule has 0 unspecified atom stereocenters. The highest BCUT2D eigenvalue weighted by Crippen LogP contribution is 2.56. The highest BCUT2D eigenvalue weighted by Gasteiger charge is 2.47. The van der Waals surface area contributed by atoms with Crippen LogP contribution >= 0.6 is 0 Å². The third-order valence-corrected chi connectivity index (χ3v) is 5.18. The maximum absolute atomic E-state index is 5.72. The zero-order valence-electron chi connectivity index (χ0n) is 10.2. The van der Waals surface area contributed by atoms with E-state index in [1.54, 1.807) is 7.05 Å². The van der Waals surface area contributed by atoms with Gasteiger partial charge in [-0.25, -0.2) is 0 Å². The number of nitrogens with zero attached hydrogens (tertiary/aromatic N) is 1. The van der Waals surface area contributed by atoms with Gasteiger partial charge in [0, 0.05) is 13.6 Å². The molecule has 16 heavy (non-hydrogen) atoms. The van der Waals surface area contributed by atoms with Gasteiger partial charge in [0.25, 0.3) is 0 Å². The lowest BCUT2D eigenvalue weighted by molar-refractivity contribution is -0.0338. The molecule has 3 heteroatoms. The standard InChI is InChI=1S/C13H23N3/c1-15-13(14)16-7-12-10-3-8-2-9(5-10)6-11(12)4-8/h8-12H,2-7H2,1H3,(H3,14,15,16). The van der Waals surface area contributed by atoms with Gasteiger partial charge in [-0.1, -0.05) is 0 Å². The predicted octanol–water partition coefficient (Wildman–Crippen LogP) is 1.59. The first kappa shape index (κ1) is 10.4. The Morgan fingerprint density at radius 1 is 1.12 bits per heavy atom. The van der Waals surface area contributed by atoms with E-state index in [0.717, 1.165) is 36.1 Å². The second-order valence-electron chi connectivity index (χ2n) is 6.08. The summed E-state index contributed by atoms with van der Waals surface area (Å²) in [5, 5.41) is 3.29. The van der Waals surface area contributed by atoms with Crippen molar-refractivity contribution in [3.63, 3.8) is 0 Å². The van der Waals surface area contributed by atoms with Crippen molar-refractivity contribution in [2.45, 2.75) is 32.1 Å². The van der Waals surface area contributed by atoms with Gasteiger partial charge in [0.15, 0.2) is 5.96 Å². The maximum atomic E-state index is 5.72. The molecular weight excluding hydrogens is 198 g/mol. The average molecular weight is 221 g/mol. The molecule has 4 saturated carbocycles. The third-order valence-electron chi connectivity index (χ3n) is 5.18. The van der Waals surface area contributed by atoms with Gasteiger partial charge in [0.2, 0.25) is 0 Å². The van der Waals surface area contributed by atoms with Crippen molar-refractivity contribution in [1.82, 2.24) is 5.32 Å². The Bertz CT molecular complexity index is 270. The number of guanidine groups is 1. The minimum Gasteiger partial charge on any atom is -0.370 e. The van der Waals surface area contributed by atoms with Crippen LogP contribution in [0.1, 0.15) is 32.1 Å². The lowest BCUT2D eigenvalue weighted by atomic mass is 9.52. The first-order valence-corrected chi connectivity index (χ1v) is 6.72. The monoisotopic (exact) mass is 221 g/mol. The lowest BCUT2D eigenvalue weighted by Crippen LogP contribution is -2.49. The SMILES string of the molecule is CN=C(N)NCC1C2CC3CC(C2)CC1C3. The minimum atomic E-state index is 0.605. The summed E-state index contributed by atoms with van der Waals surface area (Å²) in [6.45, 7) is 1.05. The van der Waals surface area contributed by atoms with Crippen LogP contribution in [0.25, 0.3) is 0 Å². The third kappa shape index (κ3) is 1.70. The molecule has 4 fully saturated rings. The Hall–Kier alpha value is -0.730. The average Bonchev–Trinajstić information content (AvgIpc) is 2.26. The molecule has 0 aromatic carbocycles. The smallest absolute Gasteiger partial charge is 0.188 e. The Morgan fingerprint density at radius 2 is 1.69 bits per heavy atom. The largest absolute Gasteiger partial charge is 0.370 e. The van der Waals surface area contributed by atoms with E-state index in [2.05, 4.69) is 10.3 Å². The van der Waals surface area contributed by atoms with Crippen LogP contribution in [0, 0.1) is 29.6 Å². The highest BCUT2D eigenvalue weighted by atomic mass is 15.1. The Morgan fingerprint density at radius 3 is 2.19 bits per heavy atom. The molecule has 3 N–H and O–H groups in total. The fourth-order valence-electron chi connectivity index (χ4n) is 4.67. The fourth-order valence-corrected chi connectivity index (χ4v) is 4.67. The second-order valence-corrected chi connectivity index (χ2v) is 6.08. The summed E-state index contributed by atoms with van der Waals surface area (Å²) in [4.78, 5) is 3.97. The number of nitrogens with one attached hydrogen (secondary N) is 1. The topological polar surface area (TPSA) is 50.4 Å². The van der Waals surface area contributed by atoms with Crippen molar-refractivity contribution >= 4 is 5.96 Å². The van der Waals surface area contributed by atoms with E-state index in [9.17, 15) is 0 Å². The van der Waals surface area contributed by atoms with Crippen LogP contribution in [-0.2, 0) is 0 Å². The highest BCUT2D eigenvalue weighted by molar-refractivity contribution is 5.77. The van der Waals surface area contributed by atoms with Crippen LogP contribution in [0.2, 0.25) is 0 Å². The molecule has 0 radical (unpaired) electrons. The normalized spacial score (nSPS) is 46.1. The lowest BCUT2D eigenvalue weighted by Gasteiger charge is -2.54. The van der Waals surface area contributed by atoms with Gasteiger partial charge in [-0.2, -0.15) is 0 Å². The van der Waals surface area contributed by atoms with Crippen molar-refractivity contribution in [3.8, 4) is 0 Å². The first-order valence-electron chi connectivity index (χ1n) is 6.72. The van der Waals surface area contributed by atoms with E-state index < -0.39 is 0 Å². The zero-order valence-corrected chi connectivity index (χ0v) is 10.2. The molecule has 4 aliphatic rings. The molecule has 0 heterocycles. The predicted molar refractivity (Wildman–Crippen MR) is 66.1 cm³/mol. The molecule has 90 valence electrons. The molecule has 0 aromatic rings. The van der Waals surface area contributed by atoms with Gasteiger partial charge in [-0.15, -0.1) is 0 Å². The summed E-state index contributed by atoms with van der Waals surface area (Å²) in [5.74, 6) is 5.57. The van der Waals surface area contributed by atoms with Crippen molar-refractivity contribution in [1.29, 1.82) is 0 Å². The Balaban J connectivity index is 1.63. The minimum absolute atomic E-state index is 0.605. The quantitative estimate of drug-likeness (QED) is 0.549. The molecule has 4 aliphatic carbocycles. The second kappa shape index (κ2) is 3.94. The van der Waals surface area contributed by atoms with Crippen molar-refractivity contribution in [2.24, 2.45) is 40.3 Å². The molecular formula is C13H23N3. The summed E-state index contributed by atoms with van der Waals surface area (Å²) >= 11 is 0. The molecule has 4 bridgehead atoms. The summed E-state index contributed by atoms with van der Waals surface area (Å²) in [6.07, 6.45) is 7.49. The van der Waals surface area contributed by atoms with Crippen LogP contribution < -0.4 is 11.1 Å². The van der Waals surface area contributed by atoms with Gasteiger partial charge in [0.1, 0.15) is 0 Å². The number of hydrogen-bond acceptors (Lipinski definition) is 1. The van der Waals surface area contributed by atoms with Crippen LogP contribution in [0.4, 0.5) is 0 Å². The molecule has 0 aliphatic heterocycles. The van der Waals surface area contributed by atoms with E-state index in [1.807, 2.05) is 0 Å². The summed E-state index contributed by atoms with van der Waals surface area (Å²) in [7, 11) is 1.75. The summed E-state index contributed by atoms with van der Waals surface area (Å²) in [5.41, 5.74) is 5.72. The van der Waals surface area contributed by atoms with E-state index in [-0.39, 0.29) is 0 Å². The number of rotatable bonds is 2. The molecule has 0 spiro atoms. The van der Waals surface area contributed by atoms with E-state index in [1.165, 1.54) is 32.1 Å². The number of aliphatic imine (C=N–C) groups is 1. The Kier molecular flexibility index (Phi) is 2.56. The van der Waals surface area contributed by atoms with Crippen LogP contribution in [0.3, 0.4) is 0 Å². The van der Waals surface area contributed by atoms with Gasteiger partial charge in [0.05, 0.1) is 0 Å². The van der Waals surface area contributed by atoms with Crippen LogP contribution in [0.5, 0.6) is 0 Å². The summed E-state index contributed by atoms with van der Waals surface area (Å²) < 4.78 is 0. The molecule has 0 amide bonds. The van der Waals surface area contributed by atoms with E-state index in [4.69, 9.17) is 5.73 Å². The van der Waals surface area contributed by atoms with E-state index in [0.29, 0.717) is 5.96 Å². The van der Waals surface area contributed by atoms with Gasteiger partial charge in [-0.3, -0.25) is 4.99 Å². The summed E-state index contributed by atoms with van der Waals surface area (Å²) in [6, 6.07) is 0. The van der Waals surface area contributed by atoms with Crippen LogP contribution in [0.15, 0.2) is 4.99 Å². The molecule has 0 atom stereocenters. The maximum Gasteiger partial charge on any atom is 0.188 e. The van der Waals surface area contributed by atoms with Gasteiger partial charge >= 0.3 is 0 Å². The number of nitrogens with two attached hydrogens (primary N) is 1. The van der Waals surface area contributed by atoms with Crippen molar-refractivity contribution < 1.29 is 0 Å². The molecule has 4 rings (SSSR count).